The molecule has 0 radical (unpaired) electrons. The summed E-state index contributed by atoms with van der Waals surface area (Å²) in [7, 11) is 1.79. The van der Waals surface area contributed by atoms with Crippen molar-refractivity contribution in [3.8, 4) is 11.3 Å². The average molecular weight is 309 g/mol. The molecule has 2 aromatic heterocycles. The molecule has 2 heterocycles. The molecule has 0 unspecified atom stereocenters. The summed E-state index contributed by atoms with van der Waals surface area (Å²) in [5, 5.41) is 7.32. The van der Waals surface area contributed by atoms with Gasteiger partial charge in [-0.15, -0.1) is 11.3 Å². The second-order valence-corrected chi connectivity index (χ2v) is 5.77. The minimum atomic E-state index is 0.523. The molecule has 0 fully saturated rings. The largest absolute Gasteiger partial charge is 0.372 e. The van der Waals surface area contributed by atoms with Gasteiger partial charge in [0.05, 0.1) is 15.7 Å². The summed E-state index contributed by atoms with van der Waals surface area (Å²) in [6.07, 6.45) is 0. The first-order chi connectivity index (χ1) is 9.20. The molecule has 2 nitrogen and oxygen atoms in total. The fraction of sp³-hybridized carbons (Fsp3) is 0.0714. The number of anilines is 1. The molecule has 5 heteroatoms. The number of hydrogen-bond donors (Lipinski definition) is 1. The van der Waals surface area contributed by atoms with E-state index >= 15 is 0 Å². The Bertz CT molecular complexity index is 752. The Morgan fingerprint density at radius 2 is 2.00 bits per heavy atom. The van der Waals surface area contributed by atoms with Crippen LogP contribution in [0.4, 0.5) is 5.82 Å². The molecule has 0 aliphatic rings. The third-order valence-corrected chi connectivity index (χ3v) is 4.44. The van der Waals surface area contributed by atoms with Gasteiger partial charge in [-0.25, -0.2) is 4.98 Å². The van der Waals surface area contributed by atoms with Crippen molar-refractivity contribution in [1.82, 2.24) is 4.98 Å². The van der Waals surface area contributed by atoms with Crippen molar-refractivity contribution < 1.29 is 0 Å². The van der Waals surface area contributed by atoms with Crippen LogP contribution >= 0.6 is 34.5 Å². The van der Waals surface area contributed by atoms with E-state index in [1.165, 1.54) is 10.1 Å². The van der Waals surface area contributed by atoms with Crippen LogP contribution in [0.15, 0.2) is 35.7 Å². The summed E-state index contributed by atoms with van der Waals surface area (Å²) in [4.78, 5) is 4.52. The number of benzene rings is 1. The Balaban J connectivity index is 2.29. The van der Waals surface area contributed by atoms with Crippen LogP contribution in [0.1, 0.15) is 0 Å². The van der Waals surface area contributed by atoms with Crippen molar-refractivity contribution in [3.05, 3.63) is 45.8 Å². The molecule has 0 aliphatic heterocycles. The summed E-state index contributed by atoms with van der Waals surface area (Å²) in [5.74, 6) is 0.634. The standard InChI is InChI=1S/C14H10Cl2N2S/c1-17-14-11(16)7-10(15)12(18-14)9-4-2-3-8-5-6-19-13(8)9/h2-7H,1H3,(H,17,18). The highest BCUT2D eigenvalue weighted by molar-refractivity contribution is 7.17. The fourth-order valence-electron chi connectivity index (χ4n) is 2.01. The number of nitrogens with one attached hydrogen (secondary N) is 1. The summed E-state index contributed by atoms with van der Waals surface area (Å²) < 4.78 is 1.18. The quantitative estimate of drug-likeness (QED) is 0.693. The van der Waals surface area contributed by atoms with Gasteiger partial charge in [0.15, 0.2) is 0 Å². The summed E-state index contributed by atoms with van der Waals surface area (Å²) in [6.45, 7) is 0. The third kappa shape index (κ3) is 2.18. The highest BCUT2D eigenvalue weighted by Gasteiger charge is 2.13. The second kappa shape index (κ2) is 5.00. The molecule has 3 aromatic rings. The Morgan fingerprint density at radius 1 is 1.16 bits per heavy atom. The molecule has 0 bridgehead atoms. The van der Waals surface area contributed by atoms with E-state index < -0.39 is 0 Å². The lowest BCUT2D eigenvalue weighted by atomic mass is 10.1. The molecule has 0 spiro atoms. The summed E-state index contributed by atoms with van der Waals surface area (Å²) >= 11 is 14.1. The minimum Gasteiger partial charge on any atom is -0.372 e. The molecular formula is C14H10Cl2N2S. The zero-order valence-electron chi connectivity index (χ0n) is 10.1. The van der Waals surface area contributed by atoms with Crippen LogP contribution in [0, 0.1) is 0 Å². The molecule has 3 rings (SSSR count). The van der Waals surface area contributed by atoms with Gasteiger partial charge in [-0.1, -0.05) is 41.4 Å². The van der Waals surface area contributed by atoms with Crippen molar-refractivity contribution in [2.45, 2.75) is 0 Å². The van der Waals surface area contributed by atoms with E-state index in [9.17, 15) is 0 Å². The van der Waals surface area contributed by atoms with E-state index in [0.717, 1.165) is 11.3 Å². The van der Waals surface area contributed by atoms with Gasteiger partial charge in [-0.3, -0.25) is 0 Å². The maximum Gasteiger partial charge on any atom is 0.145 e. The highest BCUT2D eigenvalue weighted by atomic mass is 35.5. The lowest BCUT2D eigenvalue weighted by Gasteiger charge is -2.09. The van der Waals surface area contributed by atoms with Gasteiger partial charge in [0.1, 0.15) is 5.82 Å². The van der Waals surface area contributed by atoms with Gasteiger partial charge in [0, 0.05) is 17.3 Å². The van der Waals surface area contributed by atoms with Crippen LogP contribution < -0.4 is 5.32 Å². The number of hydrogen-bond acceptors (Lipinski definition) is 3. The van der Waals surface area contributed by atoms with Crippen molar-refractivity contribution in [2.75, 3.05) is 12.4 Å². The number of fused-ring (bicyclic) bond motifs is 1. The van der Waals surface area contributed by atoms with Crippen molar-refractivity contribution in [3.63, 3.8) is 0 Å². The predicted molar refractivity (Wildman–Crippen MR) is 84.6 cm³/mol. The predicted octanol–water partition coefficient (Wildman–Crippen LogP) is 5.31. The van der Waals surface area contributed by atoms with E-state index in [1.807, 2.05) is 12.1 Å². The third-order valence-electron chi connectivity index (χ3n) is 2.90. The number of halogens is 2. The van der Waals surface area contributed by atoms with E-state index in [2.05, 4.69) is 27.8 Å². The lowest BCUT2D eigenvalue weighted by molar-refractivity contribution is 1.29. The van der Waals surface area contributed by atoms with Gasteiger partial charge < -0.3 is 5.32 Å². The summed E-state index contributed by atoms with van der Waals surface area (Å²) in [6, 6.07) is 9.94. The van der Waals surface area contributed by atoms with Crippen LogP contribution in [-0.2, 0) is 0 Å². The molecule has 0 aliphatic carbocycles. The van der Waals surface area contributed by atoms with Crippen LogP contribution in [-0.4, -0.2) is 12.0 Å². The number of thiophene rings is 1. The number of pyridine rings is 1. The Kier molecular flexibility index (Phi) is 3.35. The van der Waals surface area contributed by atoms with Crippen molar-refractivity contribution in [1.29, 1.82) is 0 Å². The first-order valence-electron chi connectivity index (χ1n) is 5.71. The fourth-order valence-corrected chi connectivity index (χ4v) is 3.48. The normalized spacial score (nSPS) is 10.9. The molecule has 0 atom stereocenters. The smallest absolute Gasteiger partial charge is 0.145 e. The molecule has 0 saturated carbocycles. The van der Waals surface area contributed by atoms with Gasteiger partial charge in [-0.05, 0) is 22.9 Å². The van der Waals surface area contributed by atoms with E-state index in [4.69, 9.17) is 23.2 Å². The maximum absolute atomic E-state index is 6.29. The molecule has 96 valence electrons. The molecule has 19 heavy (non-hydrogen) atoms. The van der Waals surface area contributed by atoms with Gasteiger partial charge in [0.25, 0.3) is 0 Å². The molecule has 1 N–H and O–H groups in total. The molecule has 0 saturated heterocycles. The zero-order valence-corrected chi connectivity index (χ0v) is 12.4. The van der Waals surface area contributed by atoms with E-state index in [1.54, 1.807) is 24.5 Å². The van der Waals surface area contributed by atoms with Crippen LogP contribution in [0.3, 0.4) is 0 Å². The maximum atomic E-state index is 6.29. The van der Waals surface area contributed by atoms with Crippen LogP contribution in [0.25, 0.3) is 21.3 Å². The van der Waals surface area contributed by atoms with Crippen molar-refractivity contribution in [2.24, 2.45) is 0 Å². The Hall–Kier alpha value is -1.29. The molecule has 1 aromatic carbocycles. The van der Waals surface area contributed by atoms with E-state index in [0.29, 0.717) is 15.9 Å². The Morgan fingerprint density at radius 3 is 2.79 bits per heavy atom. The van der Waals surface area contributed by atoms with Gasteiger partial charge in [0.2, 0.25) is 0 Å². The van der Waals surface area contributed by atoms with Gasteiger partial charge in [-0.2, -0.15) is 0 Å². The Labute approximate surface area is 125 Å². The SMILES string of the molecule is CNc1nc(-c2cccc3ccsc23)c(Cl)cc1Cl. The minimum absolute atomic E-state index is 0.523. The lowest BCUT2D eigenvalue weighted by Crippen LogP contribution is -1.96. The van der Waals surface area contributed by atoms with Crippen LogP contribution in [0.5, 0.6) is 0 Å². The topological polar surface area (TPSA) is 24.9 Å². The number of aromatic nitrogens is 1. The number of rotatable bonds is 2. The second-order valence-electron chi connectivity index (χ2n) is 4.04. The van der Waals surface area contributed by atoms with Crippen molar-refractivity contribution >= 4 is 50.4 Å². The molecule has 0 amide bonds. The average Bonchev–Trinajstić information content (AvgIpc) is 2.87. The summed E-state index contributed by atoms with van der Waals surface area (Å²) in [5.41, 5.74) is 1.79. The monoisotopic (exact) mass is 308 g/mol. The first kappa shape index (κ1) is 12.7. The van der Waals surface area contributed by atoms with E-state index in [-0.39, 0.29) is 0 Å². The zero-order chi connectivity index (χ0) is 13.4. The number of nitrogens with zero attached hydrogens (tertiary/aromatic N) is 1. The molecular weight excluding hydrogens is 299 g/mol. The first-order valence-corrected chi connectivity index (χ1v) is 7.34. The highest BCUT2D eigenvalue weighted by Crippen LogP contribution is 2.37. The van der Waals surface area contributed by atoms with Crippen LogP contribution in [0.2, 0.25) is 10.0 Å². The van der Waals surface area contributed by atoms with Gasteiger partial charge >= 0.3 is 0 Å².